The van der Waals surface area contributed by atoms with Crippen molar-refractivity contribution in [1.29, 1.82) is 0 Å². The van der Waals surface area contributed by atoms with Gasteiger partial charge in [-0.25, -0.2) is 9.97 Å². The Morgan fingerprint density at radius 3 is 2.30 bits per heavy atom. The molecule has 9 nitrogen and oxygen atoms in total. The van der Waals surface area contributed by atoms with Crippen LogP contribution in [-0.2, 0) is 32.2 Å². The number of ether oxygens (including phenoxy) is 2. The average molecular weight is 524 g/mol. The summed E-state index contributed by atoms with van der Waals surface area (Å²) in [6, 6.07) is 17.1. The molecule has 10 heteroatoms. The highest BCUT2D eigenvalue weighted by molar-refractivity contribution is 7.99. The van der Waals surface area contributed by atoms with Crippen molar-refractivity contribution in [3.8, 4) is 0 Å². The van der Waals surface area contributed by atoms with Crippen LogP contribution in [0.15, 0.2) is 72.1 Å². The molecule has 1 aliphatic heterocycles. The lowest BCUT2D eigenvalue weighted by Gasteiger charge is -2.36. The number of benzene rings is 2. The van der Waals surface area contributed by atoms with Crippen molar-refractivity contribution in [3.05, 3.63) is 89.2 Å². The van der Waals surface area contributed by atoms with Crippen LogP contribution in [0, 0.1) is 0 Å². The van der Waals surface area contributed by atoms with E-state index >= 15 is 0 Å². The number of carbonyl (C=O) groups is 2. The number of carbonyl (C=O) groups excluding carboxylic acids is 1. The number of carboxylic acids is 1. The molecule has 3 N–H and O–H groups in total. The second-order valence-corrected chi connectivity index (χ2v) is 9.59. The predicted molar refractivity (Wildman–Crippen MR) is 136 cm³/mol. The van der Waals surface area contributed by atoms with Crippen LogP contribution in [0.2, 0.25) is 0 Å². The van der Waals surface area contributed by atoms with Crippen molar-refractivity contribution in [3.63, 3.8) is 0 Å². The van der Waals surface area contributed by atoms with Crippen LogP contribution in [0.3, 0.4) is 0 Å². The molecule has 194 valence electrons. The summed E-state index contributed by atoms with van der Waals surface area (Å²) in [5.74, 6) is -0.638. The SMILES string of the molecule is O=C(O)CCC(=O)NCc1ccc([C@@H]2O[C@H](CSc3ncccn3)C[C@H](c3ccc(CO)cc3)O2)cc1. The van der Waals surface area contributed by atoms with E-state index in [1.807, 2.05) is 48.5 Å². The van der Waals surface area contributed by atoms with E-state index in [0.717, 1.165) is 22.3 Å². The highest BCUT2D eigenvalue weighted by atomic mass is 32.2. The molecule has 1 fully saturated rings. The average Bonchev–Trinajstić information content (AvgIpc) is 2.94. The molecule has 0 radical (unpaired) electrons. The van der Waals surface area contributed by atoms with E-state index in [-0.39, 0.29) is 37.6 Å². The number of thioether (sulfide) groups is 1. The predicted octanol–water partition coefficient (Wildman–Crippen LogP) is 3.79. The van der Waals surface area contributed by atoms with Crippen LogP contribution < -0.4 is 5.32 Å². The number of nitrogens with zero attached hydrogens (tertiary/aromatic N) is 2. The van der Waals surface area contributed by atoms with Crippen molar-refractivity contribution >= 4 is 23.6 Å². The third kappa shape index (κ3) is 8.09. The minimum absolute atomic E-state index is 0.0136. The Morgan fingerprint density at radius 2 is 1.62 bits per heavy atom. The number of carboxylic acid groups (broad SMARTS) is 1. The molecule has 0 unspecified atom stereocenters. The van der Waals surface area contributed by atoms with Crippen molar-refractivity contribution in [2.45, 2.75) is 56.1 Å². The summed E-state index contributed by atoms with van der Waals surface area (Å²) in [6.07, 6.45) is 2.96. The molecule has 1 aromatic heterocycles. The lowest BCUT2D eigenvalue weighted by Crippen LogP contribution is -2.31. The number of aliphatic hydroxyl groups excluding tert-OH is 1. The second kappa shape index (κ2) is 13.3. The topological polar surface area (TPSA) is 131 Å². The summed E-state index contributed by atoms with van der Waals surface area (Å²) in [5, 5.41) is 21.5. The fourth-order valence-corrected chi connectivity index (χ4v) is 4.67. The first-order chi connectivity index (χ1) is 18.0. The Balaban J connectivity index is 1.43. The summed E-state index contributed by atoms with van der Waals surface area (Å²) >= 11 is 1.53. The summed E-state index contributed by atoms with van der Waals surface area (Å²) in [7, 11) is 0. The molecule has 0 saturated carbocycles. The summed E-state index contributed by atoms with van der Waals surface area (Å²) < 4.78 is 12.7. The highest BCUT2D eigenvalue weighted by Gasteiger charge is 2.32. The van der Waals surface area contributed by atoms with Gasteiger partial charge < -0.3 is 25.0 Å². The number of hydrogen-bond acceptors (Lipinski definition) is 8. The van der Waals surface area contributed by atoms with Gasteiger partial charge in [0, 0.05) is 43.1 Å². The Hall–Kier alpha value is -3.31. The molecule has 2 aromatic carbocycles. The molecule has 0 aliphatic carbocycles. The standard InChI is InChI=1S/C27H29N3O6S/c31-16-19-4-6-20(7-5-19)23-14-22(17-37-27-28-12-1-13-29-27)35-26(36-23)21-8-2-18(3-9-21)15-30-24(32)10-11-25(33)34/h1-9,12-13,22-23,26,31H,10-11,14-17H2,(H,30,32)(H,33,34)/t22-,23+,26+/m0/s1. The van der Waals surface area contributed by atoms with Crippen LogP contribution in [-0.4, -0.2) is 43.9 Å². The van der Waals surface area contributed by atoms with Crippen LogP contribution in [0.1, 0.15) is 53.9 Å². The first-order valence-electron chi connectivity index (χ1n) is 12.0. The summed E-state index contributed by atoms with van der Waals surface area (Å²) in [6.45, 7) is 0.293. The number of aliphatic carboxylic acids is 1. The van der Waals surface area contributed by atoms with Gasteiger partial charge in [0.05, 0.1) is 25.2 Å². The Morgan fingerprint density at radius 1 is 0.946 bits per heavy atom. The molecule has 3 atom stereocenters. The van der Waals surface area contributed by atoms with Gasteiger partial charge in [-0.2, -0.15) is 0 Å². The van der Waals surface area contributed by atoms with Crippen LogP contribution >= 0.6 is 11.8 Å². The van der Waals surface area contributed by atoms with Gasteiger partial charge in [-0.3, -0.25) is 9.59 Å². The molecule has 3 aromatic rings. The lowest BCUT2D eigenvalue weighted by molar-refractivity contribution is -0.245. The Labute approximate surface area is 219 Å². The molecular weight excluding hydrogens is 494 g/mol. The van der Waals surface area contributed by atoms with Crippen LogP contribution in [0.25, 0.3) is 0 Å². The fraction of sp³-hybridized carbons (Fsp3) is 0.333. The summed E-state index contributed by atoms with van der Waals surface area (Å²) in [5.41, 5.74) is 3.58. The minimum Gasteiger partial charge on any atom is -0.481 e. The molecule has 2 heterocycles. The van der Waals surface area contributed by atoms with Gasteiger partial charge >= 0.3 is 5.97 Å². The van der Waals surface area contributed by atoms with E-state index < -0.39 is 12.3 Å². The number of nitrogens with one attached hydrogen (secondary N) is 1. The summed E-state index contributed by atoms with van der Waals surface area (Å²) in [4.78, 5) is 31.0. The number of amides is 1. The molecule has 0 spiro atoms. The van der Waals surface area contributed by atoms with Gasteiger partial charge in [0.2, 0.25) is 5.91 Å². The third-order valence-corrected chi connectivity index (χ3v) is 6.87. The van der Waals surface area contributed by atoms with Gasteiger partial charge in [-0.1, -0.05) is 60.3 Å². The second-order valence-electron chi connectivity index (χ2n) is 8.60. The van der Waals surface area contributed by atoms with E-state index in [9.17, 15) is 14.7 Å². The van der Waals surface area contributed by atoms with E-state index in [0.29, 0.717) is 23.9 Å². The van der Waals surface area contributed by atoms with Gasteiger partial charge in [0.25, 0.3) is 0 Å². The number of aliphatic hydroxyl groups is 1. The van der Waals surface area contributed by atoms with Crippen molar-refractivity contribution < 1.29 is 29.3 Å². The monoisotopic (exact) mass is 523 g/mol. The highest BCUT2D eigenvalue weighted by Crippen LogP contribution is 2.39. The van der Waals surface area contributed by atoms with E-state index in [2.05, 4.69) is 15.3 Å². The maximum absolute atomic E-state index is 11.8. The first-order valence-corrected chi connectivity index (χ1v) is 13.0. The largest absolute Gasteiger partial charge is 0.481 e. The Bertz CT molecular complexity index is 1160. The fourth-order valence-electron chi connectivity index (χ4n) is 3.85. The van der Waals surface area contributed by atoms with E-state index in [1.165, 1.54) is 11.8 Å². The van der Waals surface area contributed by atoms with Gasteiger partial charge in [-0.05, 0) is 22.8 Å². The number of aromatic nitrogens is 2. The Kier molecular flexibility index (Phi) is 9.61. The molecule has 37 heavy (non-hydrogen) atoms. The molecule has 0 bridgehead atoms. The van der Waals surface area contributed by atoms with E-state index in [4.69, 9.17) is 14.6 Å². The lowest BCUT2D eigenvalue weighted by atomic mass is 10.0. The first kappa shape index (κ1) is 26.7. The molecule has 1 amide bonds. The zero-order valence-electron chi connectivity index (χ0n) is 20.2. The molecule has 1 aliphatic rings. The van der Waals surface area contributed by atoms with Gasteiger partial charge in [-0.15, -0.1) is 0 Å². The maximum Gasteiger partial charge on any atom is 0.303 e. The van der Waals surface area contributed by atoms with Gasteiger partial charge in [0.15, 0.2) is 11.4 Å². The van der Waals surface area contributed by atoms with Crippen molar-refractivity contribution in [2.75, 3.05) is 5.75 Å². The van der Waals surface area contributed by atoms with Gasteiger partial charge in [0.1, 0.15) is 0 Å². The normalized spacial score (nSPS) is 19.3. The van der Waals surface area contributed by atoms with Crippen LogP contribution in [0.4, 0.5) is 0 Å². The van der Waals surface area contributed by atoms with E-state index in [1.54, 1.807) is 18.5 Å². The number of hydrogen-bond donors (Lipinski definition) is 3. The zero-order valence-corrected chi connectivity index (χ0v) is 21.0. The minimum atomic E-state index is -0.998. The van der Waals surface area contributed by atoms with Crippen molar-refractivity contribution in [2.24, 2.45) is 0 Å². The van der Waals surface area contributed by atoms with Crippen LogP contribution in [0.5, 0.6) is 0 Å². The third-order valence-electron chi connectivity index (χ3n) is 5.86. The van der Waals surface area contributed by atoms with Crippen molar-refractivity contribution in [1.82, 2.24) is 15.3 Å². The maximum atomic E-state index is 11.8. The zero-order chi connectivity index (χ0) is 26.0. The quantitative estimate of drug-likeness (QED) is 0.254. The smallest absolute Gasteiger partial charge is 0.303 e. The molecule has 4 rings (SSSR count). The number of rotatable bonds is 11. The molecular formula is C27H29N3O6S. The molecule has 1 saturated heterocycles.